The van der Waals surface area contributed by atoms with Gasteiger partial charge >= 0.3 is 0 Å². The van der Waals surface area contributed by atoms with Gasteiger partial charge in [-0.3, -0.25) is 5.84 Å². The van der Waals surface area contributed by atoms with Crippen molar-refractivity contribution in [3.8, 4) is 0 Å². The van der Waals surface area contributed by atoms with Gasteiger partial charge in [0.2, 0.25) is 0 Å². The van der Waals surface area contributed by atoms with Gasteiger partial charge in [0, 0.05) is 9.72 Å². The standard InChI is InChI=1S/C16H15ClN2S/c1-10-12(5-3-7-14(10)17)15(19-18)13-6-2-4-11-8-9-20-16(11)13/h2-9,15,19H,18H2,1H3. The summed E-state index contributed by atoms with van der Waals surface area (Å²) in [6, 6.07) is 14.3. The predicted molar refractivity (Wildman–Crippen MR) is 87.2 cm³/mol. The molecule has 1 heterocycles. The van der Waals surface area contributed by atoms with Gasteiger partial charge in [0.25, 0.3) is 0 Å². The number of nitrogens with two attached hydrogens (primary N) is 1. The van der Waals surface area contributed by atoms with E-state index < -0.39 is 0 Å². The molecule has 0 saturated carbocycles. The van der Waals surface area contributed by atoms with Gasteiger partial charge in [0.1, 0.15) is 0 Å². The molecule has 20 heavy (non-hydrogen) atoms. The number of halogens is 1. The highest BCUT2D eigenvalue weighted by molar-refractivity contribution is 7.17. The molecule has 3 aromatic rings. The fourth-order valence-corrected chi connectivity index (χ4v) is 3.65. The molecule has 0 aliphatic rings. The van der Waals surface area contributed by atoms with E-state index in [0.29, 0.717) is 0 Å². The van der Waals surface area contributed by atoms with Gasteiger partial charge in [-0.25, -0.2) is 5.43 Å². The lowest BCUT2D eigenvalue weighted by Gasteiger charge is -2.20. The fourth-order valence-electron chi connectivity index (χ4n) is 2.53. The van der Waals surface area contributed by atoms with Crippen LogP contribution in [0.3, 0.4) is 0 Å². The summed E-state index contributed by atoms with van der Waals surface area (Å²) in [6.07, 6.45) is 0. The fraction of sp³-hybridized carbons (Fsp3) is 0.125. The van der Waals surface area contributed by atoms with Crippen molar-refractivity contribution in [2.45, 2.75) is 13.0 Å². The molecule has 0 bridgehead atoms. The Labute approximate surface area is 127 Å². The Bertz CT molecular complexity index is 751. The second-order valence-corrected chi connectivity index (χ2v) is 6.06. The van der Waals surface area contributed by atoms with Crippen LogP contribution in [-0.2, 0) is 0 Å². The molecule has 0 radical (unpaired) electrons. The molecule has 0 fully saturated rings. The highest BCUT2D eigenvalue weighted by atomic mass is 35.5. The van der Waals surface area contributed by atoms with Crippen LogP contribution in [0.2, 0.25) is 5.02 Å². The van der Waals surface area contributed by atoms with E-state index in [9.17, 15) is 0 Å². The minimum Gasteiger partial charge on any atom is -0.271 e. The maximum absolute atomic E-state index is 6.23. The lowest BCUT2D eigenvalue weighted by atomic mass is 9.95. The van der Waals surface area contributed by atoms with Gasteiger partial charge < -0.3 is 0 Å². The van der Waals surface area contributed by atoms with E-state index >= 15 is 0 Å². The smallest absolute Gasteiger partial charge is 0.0727 e. The highest BCUT2D eigenvalue weighted by Gasteiger charge is 2.18. The van der Waals surface area contributed by atoms with Gasteiger partial charge in [-0.05, 0) is 46.5 Å². The summed E-state index contributed by atoms with van der Waals surface area (Å²) < 4.78 is 1.26. The molecule has 3 N–H and O–H groups in total. The van der Waals surface area contributed by atoms with E-state index in [4.69, 9.17) is 17.4 Å². The van der Waals surface area contributed by atoms with Crippen LogP contribution in [0.15, 0.2) is 47.8 Å². The lowest BCUT2D eigenvalue weighted by molar-refractivity contribution is 0.638. The molecular weight excluding hydrogens is 288 g/mol. The van der Waals surface area contributed by atoms with Crippen molar-refractivity contribution in [3.05, 3.63) is 69.6 Å². The Kier molecular flexibility index (Phi) is 3.76. The number of benzene rings is 2. The third kappa shape index (κ3) is 2.23. The molecule has 4 heteroatoms. The van der Waals surface area contributed by atoms with E-state index in [0.717, 1.165) is 16.1 Å². The maximum atomic E-state index is 6.23. The van der Waals surface area contributed by atoms with Crippen molar-refractivity contribution in [1.82, 2.24) is 5.43 Å². The summed E-state index contributed by atoms with van der Waals surface area (Å²) in [6.45, 7) is 2.02. The van der Waals surface area contributed by atoms with Gasteiger partial charge in [-0.1, -0.05) is 41.9 Å². The number of hydrogen-bond acceptors (Lipinski definition) is 3. The lowest BCUT2D eigenvalue weighted by Crippen LogP contribution is -2.29. The number of hydrazine groups is 1. The normalized spacial score (nSPS) is 12.8. The first-order chi connectivity index (χ1) is 9.72. The number of nitrogens with one attached hydrogen (secondary N) is 1. The van der Waals surface area contributed by atoms with Crippen molar-refractivity contribution in [2.75, 3.05) is 0 Å². The minimum absolute atomic E-state index is 0.0592. The molecule has 2 aromatic carbocycles. The average Bonchev–Trinajstić information content (AvgIpc) is 2.93. The Morgan fingerprint density at radius 1 is 1.10 bits per heavy atom. The van der Waals surface area contributed by atoms with Crippen LogP contribution in [0, 0.1) is 6.92 Å². The van der Waals surface area contributed by atoms with Crippen LogP contribution in [0.1, 0.15) is 22.7 Å². The summed E-state index contributed by atoms with van der Waals surface area (Å²) in [7, 11) is 0. The Balaban J connectivity index is 2.19. The summed E-state index contributed by atoms with van der Waals surface area (Å²) in [5.41, 5.74) is 6.29. The van der Waals surface area contributed by atoms with Crippen molar-refractivity contribution in [3.63, 3.8) is 0 Å². The Morgan fingerprint density at radius 2 is 1.85 bits per heavy atom. The van der Waals surface area contributed by atoms with Crippen LogP contribution >= 0.6 is 22.9 Å². The summed E-state index contributed by atoms with van der Waals surface area (Å²) >= 11 is 7.97. The molecule has 2 nitrogen and oxygen atoms in total. The van der Waals surface area contributed by atoms with Crippen molar-refractivity contribution >= 4 is 33.0 Å². The third-order valence-corrected chi connectivity index (χ3v) is 5.00. The summed E-state index contributed by atoms with van der Waals surface area (Å²) in [4.78, 5) is 0. The topological polar surface area (TPSA) is 38.0 Å². The SMILES string of the molecule is Cc1c(Cl)cccc1C(NN)c1cccc2ccsc12. The van der Waals surface area contributed by atoms with Crippen molar-refractivity contribution < 1.29 is 0 Å². The first-order valence-corrected chi connectivity index (χ1v) is 7.65. The molecule has 0 spiro atoms. The molecule has 3 rings (SSSR count). The zero-order chi connectivity index (χ0) is 14.1. The van der Waals surface area contributed by atoms with E-state index in [1.165, 1.54) is 15.6 Å². The summed E-state index contributed by atoms with van der Waals surface area (Å²) in [5, 5.41) is 4.11. The first kappa shape index (κ1) is 13.6. The van der Waals surface area contributed by atoms with Gasteiger partial charge in [0.15, 0.2) is 0 Å². The van der Waals surface area contributed by atoms with E-state index in [2.05, 4.69) is 41.1 Å². The minimum atomic E-state index is -0.0592. The average molecular weight is 303 g/mol. The molecule has 1 aromatic heterocycles. The number of hydrogen-bond donors (Lipinski definition) is 2. The zero-order valence-corrected chi connectivity index (χ0v) is 12.6. The zero-order valence-electron chi connectivity index (χ0n) is 11.1. The van der Waals surface area contributed by atoms with E-state index in [-0.39, 0.29) is 6.04 Å². The van der Waals surface area contributed by atoms with Crippen LogP contribution in [0.5, 0.6) is 0 Å². The van der Waals surface area contributed by atoms with Gasteiger partial charge in [-0.15, -0.1) is 11.3 Å². The molecular formula is C16H15ClN2S. The molecule has 0 saturated heterocycles. The second kappa shape index (κ2) is 5.54. The largest absolute Gasteiger partial charge is 0.271 e. The van der Waals surface area contributed by atoms with E-state index in [1.54, 1.807) is 11.3 Å². The van der Waals surface area contributed by atoms with Crippen LogP contribution < -0.4 is 11.3 Å². The van der Waals surface area contributed by atoms with Crippen molar-refractivity contribution in [1.29, 1.82) is 0 Å². The molecule has 1 atom stereocenters. The first-order valence-electron chi connectivity index (χ1n) is 6.39. The van der Waals surface area contributed by atoms with E-state index in [1.807, 2.05) is 19.1 Å². The number of thiophene rings is 1. The molecule has 1 unspecified atom stereocenters. The van der Waals surface area contributed by atoms with Crippen LogP contribution in [0.25, 0.3) is 10.1 Å². The van der Waals surface area contributed by atoms with Gasteiger partial charge in [-0.2, -0.15) is 0 Å². The second-order valence-electron chi connectivity index (χ2n) is 4.74. The Hall–Kier alpha value is -1.39. The number of rotatable bonds is 3. The number of fused-ring (bicyclic) bond motifs is 1. The molecule has 0 aliphatic carbocycles. The quantitative estimate of drug-likeness (QED) is 0.555. The summed E-state index contributed by atoms with van der Waals surface area (Å²) in [5.74, 6) is 5.83. The predicted octanol–water partition coefficient (Wildman–Crippen LogP) is 4.42. The molecule has 102 valence electrons. The third-order valence-electron chi connectivity index (χ3n) is 3.61. The van der Waals surface area contributed by atoms with Crippen LogP contribution in [-0.4, -0.2) is 0 Å². The monoisotopic (exact) mass is 302 g/mol. The molecule has 0 aliphatic heterocycles. The maximum Gasteiger partial charge on any atom is 0.0727 e. The Morgan fingerprint density at radius 3 is 2.65 bits per heavy atom. The van der Waals surface area contributed by atoms with Crippen molar-refractivity contribution in [2.24, 2.45) is 5.84 Å². The molecule has 0 amide bonds. The van der Waals surface area contributed by atoms with Gasteiger partial charge in [0.05, 0.1) is 6.04 Å². The highest BCUT2D eigenvalue weighted by Crippen LogP contribution is 2.34. The van der Waals surface area contributed by atoms with Crippen LogP contribution in [0.4, 0.5) is 0 Å².